The summed E-state index contributed by atoms with van der Waals surface area (Å²) in [7, 11) is -1.24. The fourth-order valence-electron chi connectivity index (χ4n) is 4.29. The van der Waals surface area contributed by atoms with Gasteiger partial charge < -0.3 is 19.1 Å². The van der Waals surface area contributed by atoms with Gasteiger partial charge in [-0.05, 0) is 37.6 Å². The molecule has 1 amide bonds. The Labute approximate surface area is 213 Å². The number of aromatic nitrogens is 2. The number of benzene rings is 2. The first-order valence-electron chi connectivity index (χ1n) is 11.3. The maximum absolute atomic E-state index is 16.1. The topological polar surface area (TPSA) is 75.6 Å². The minimum Gasteiger partial charge on any atom is -0.496 e. The highest BCUT2D eigenvalue weighted by atomic mass is 35.5. The van der Waals surface area contributed by atoms with E-state index in [0.717, 1.165) is 0 Å². The lowest BCUT2D eigenvalue weighted by atomic mass is 10.0. The molecule has 0 atom stereocenters. The second kappa shape index (κ2) is 10.1. The van der Waals surface area contributed by atoms with Gasteiger partial charge in [0.05, 0.1) is 31.0 Å². The third-order valence-electron chi connectivity index (χ3n) is 5.94. The Kier molecular flexibility index (Phi) is 7.34. The average molecular weight is 535 g/mol. The molecular formula is C25H26ClF2N4O3P. The summed E-state index contributed by atoms with van der Waals surface area (Å²) in [4.78, 5) is 24.6. The van der Waals surface area contributed by atoms with Gasteiger partial charge in [0, 0.05) is 37.1 Å². The number of amides is 1. The van der Waals surface area contributed by atoms with Crippen LogP contribution in [0.15, 0.2) is 36.9 Å². The number of anilines is 1. The minimum absolute atomic E-state index is 0.0295. The van der Waals surface area contributed by atoms with Crippen molar-refractivity contribution in [3.63, 3.8) is 0 Å². The Morgan fingerprint density at radius 1 is 1.19 bits per heavy atom. The number of methoxy groups -OCH3 is 1. The van der Waals surface area contributed by atoms with Gasteiger partial charge in [0.25, 0.3) is 0 Å². The van der Waals surface area contributed by atoms with Gasteiger partial charge in [0.15, 0.2) is 5.82 Å². The van der Waals surface area contributed by atoms with E-state index in [0.29, 0.717) is 37.4 Å². The zero-order valence-electron chi connectivity index (χ0n) is 20.2. The Morgan fingerprint density at radius 2 is 1.89 bits per heavy atom. The van der Waals surface area contributed by atoms with Gasteiger partial charge in [-0.25, -0.2) is 18.7 Å². The monoisotopic (exact) mass is 534 g/mol. The Balaban J connectivity index is 1.92. The highest BCUT2D eigenvalue weighted by Gasteiger charge is 2.28. The predicted molar refractivity (Wildman–Crippen MR) is 139 cm³/mol. The number of carbonyl (C=O) groups excluding carboxylic acids is 1. The Morgan fingerprint density at radius 3 is 2.50 bits per heavy atom. The second-order valence-corrected chi connectivity index (χ2v) is 12.8. The van der Waals surface area contributed by atoms with E-state index in [4.69, 9.17) is 16.3 Å². The van der Waals surface area contributed by atoms with Crippen LogP contribution < -0.4 is 9.64 Å². The third kappa shape index (κ3) is 5.08. The lowest BCUT2D eigenvalue weighted by Gasteiger charge is -2.35. The van der Waals surface area contributed by atoms with Gasteiger partial charge in [0.1, 0.15) is 28.7 Å². The first kappa shape index (κ1) is 26.0. The smallest absolute Gasteiger partial charge is 0.246 e. The molecule has 3 aromatic rings. The summed E-state index contributed by atoms with van der Waals surface area (Å²) >= 11 is 6.54. The molecular weight excluding hydrogens is 509 g/mol. The summed E-state index contributed by atoms with van der Waals surface area (Å²) in [5, 5.41) is 0.309. The van der Waals surface area contributed by atoms with Crippen LogP contribution in [0.4, 0.5) is 14.6 Å². The van der Waals surface area contributed by atoms with E-state index < -0.39 is 18.8 Å². The highest BCUT2D eigenvalue weighted by molar-refractivity contribution is 7.61. The maximum Gasteiger partial charge on any atom is 0.246 e. The summed E-state index contributed by atoms with van der Waals surface area (Å²) in [5.41, 5.74) is -0.343. The van der Waals surface area contributed by atoms with Crippen LogP contribution in [0.1, 0.15) is 5.82 Å². The van der Waals surface area contributed by atoms with Crippen molar-refractivity contribution in [1.82, 2.24) is 14.9 Å². The van der Waals surface area contributed by atoms with Crippen LogP contribution in [0.5, 0.6) is 5.75 Å². The second-order valence-electron chi connectivity index (χ2n) is 8.97. The van der Waals surface area contributed by atoms with Crippen molar-refractivity contribution in [3.05, 3.63) is 59.4 Å². The van der Waals surface area contributed by atoms with Crippen molar-refractivity contribution < 1.29 is 22.9 Å². The molecule has 36 heavy (non-hydrogen) atoms. The highest BCUT2D eigenvalue weighted by Crippen LogP contribution is 2.44. The van der Waals surface area contributed by atoms with Crippen LogP contribution in [-0.2, 0) is 15.5 Å². The molecule has 2 heterocycles. The predicted octanol–water partition coefficient (Wildman–Crippen LogP) is 5.19. The van der Waals surface area contributed by atoms with E-state index in [1.807, 2.05) is 4.90 Å². The van der Waals surface area contributed by atoms with Gasteiger partial charge >= 0.3 is 0 Å². The molecule has 1 saturated heterocycles. The van der Waals surface area contributed by atoms with Gasteiger partial charge in [-0.2, -0.15) is 0 Å². The van der Waals surface area contributed by atoms with E-state index >= 15 is 4.39 Å². The van der Waals surface area contributed by atoms with E-state index in [9.17, 15) is 13.8 Å². The van der Waals surface area contributed by atoms with E-state index in [1.165, 1.54) is 37.5 Å². The van der Waals surface area contributed by atoms with Crippen LogP contribution in [0.2, 0.25) is 5.02 Å². The van der Waals surface area contributed by atoms with Crippen molar-refractivity contribution in [2.24, 2.45) is 0 Å². The van der Waals surface area contributed by atoms with Gasteiger partial charge in [-0.3, -0.25) is 4.79 Å². The zero-order valence-corrected chi connectivity index (χ0v) is 21.9. The standard InChI is InChI=1S/C25H26ClF2N4O3P/c1-5-20(33)31-9-11-32(12-10-31)25-15-13-16(26)21(22-17(27)7-6-8-18(22)35-2)23(28)24(15)29-19(30-25)14-36(3,4)34/h5-8,13H,1,9-12,14H2,2-4H3. The van der Waals surface area contributed by atoms with Crippen molar-refractivity contribution in [3.8, 4) is 16.9 Å². The molecule has 2 aromatic carbocycles. The van der Waals surface area contributed by atoms with Crippen LogP contribution in [-0.4, -0.2) is 67.4 Å². The van der Waals surface area contributed by atoms with Crippen LogP contribution in [0.25, 0.3) is 22.0 Å². The van der Waals surface area contributed by atoms with E-state index in [1.54, 1.807) is 18.2 Å². The summed E-state index contributed by atoms with van der Waals surface area (Å²) in [6.45, 7) is 8.45. The quantitative estimate of drug-likeness (QED) is 0.320. The number of fused-ring (bicyclic) bond motifs is 1. The van der Waals surface area contributed by atoms with Crippen molar-refractivity contribution in [1.29, 1.82) is 0 Å². The number of nitrogens with zero attached hydrogens (tertiary/aromatic N) is 4. The Hall–Kier alpha value is -3.03. The molecule has 0 aliphatic carbocycles. The molecule has 1 aliphatic heterocycles. The molecule has 11 heteroatoms. The van der Waals surface area contributed by atoms with Crippen molar-refractivity contribution >= 4 is 41.4 Å². The number of hydrogen-bond acceptors (Lipinski definition) is 6. The lowest BCUT2D eigenvalue weighted by molar-refractivity contribution is -0.126. The summed E-state index contributed by atoms with van der Waals surface area (Å²) in [6.07, 6.45) is 1.33. The molecule has 0 spiro atoms. The normalized spacial score (nSPS) is 14.3. The number of hydrogen-bond donors (Lipinski definition) is 0. The van der Waals surface area contributed by atoms with Gasteiger partial charge in [0.2, 0.25) is 5.91 Å². The molecule has 1 aliphatic rings. The fraction of sp³-hybridized carbons (Fsp3) is 0.320. The number of carbonyl (C=O) groups is 1. The molecule has 0 bridgehead atoms. The summed E-state index contributed by atoms with van der Waals surface area (Å²) in [6, 6.07) is 5.69. The molecule has 0 radical (unpaired) electrons. The molecule has 0 N–H and O–H groups in total. The van der Waals surface area contributed by atoms with Crippen LogP contribution >= 0.6 is 18.7 Å². The Bertz CT molecular complexity index is 1400. The van der Waals surface area contributed by atoms with Gasteiger partial charge in [-0.15, -0.1) is 0 Å². The molecule has 4 rings (SSSR count). The zero-order chi connectivity index (χ0) is 26.2. The SMILES string of the molecule is C=CC(=O)N1CCN(c2nc(CP(C)(C)=O)nc3c(F)c(-c4c(F)cccc4OC)c(Cl)cc23)CC1. The number of halogens is 3. The molecule has 1 fully saturated rings. The number of ether oxygens (including phenoxy) is 1. The largest absolute Gasteiger partial charge is 0.496 e. The number of piperazine rings is 1. The summed E-state index contributed by atoms with van der Waals surface area (Å²) in [5.74, 6) is -0.935. The first-order valence-corrected chi connectivity index (χ1v) is 14.4. The first-order chi connectivity index (χ1) is 17.0. The third-order valence-corrected chi connectivity index (χ3v) is 7.28. The molecule has 7 nitrogen and oxygen atoms in total. The average Bonchev–Trinajstić information content (AvgIpc) is 2.83. The maximum atomic E-state index is 16.1. The molecule has 190 valence electrons. The fourth-order valence-corrected chi connectivity index (χ4v) is 5.40. The molecule has 0 saturated carbocycles. The van der Waals surface area contributed by atoms with Crippen molar-refractivity contribution in [2.45, 2.75) is 6.16 Å². The molecule has 1 aromatic heterocycles. The summed E-state index contributed by atoms with van der Waals surface area (Å²) < 4.78 is 48.9. The lowest BCUT2D eigenvalue weighted by Crippen LogP contribution is -2.48. The van der Waals surface area contributed by atoms with E-state index in [2.05, 4.69) is 16.5 Å². The van der Waals surface area contributed by atoms with Crippen LogP contribution in [0, 0.1) is 11.6 Å². The van der Waals surface area contributed by atoms with Crippen molar-refractivity contribution in [2.75, 3.05) is 51.5 Å². The van der Waals surface area contributed by atoms with E-state index in [-0.39, 0.29) is 45.3 Å². The van der Waals surface area contributed by atoms with Crippen LogP contribution in [0.3, 0.4) is 0 Å². The van der Waals surface area contributed by atoms with Gasteiger partial charge in [-0.1, -0.05) is 24.2 Å². The number of rotatable bonds is 6. The molecule has 0 unspecified atom stereocenters. The minimum atomic E-state index is -2.60.